The number of rotatable bonds is 13. The zero-order valence-corrected chi connectivity index (χ0v) is 23.1. The molecule has 1 fully saturated rings. The van der Waals surface area contributed by atoms with E-state index in [2.05, 4.69) is 20.9 Å². The standard InChI is InChI=1S/C30H37N7O4/c1-19-23-11-4-5-12-24(23)35-27(19)36-25(16-20-8-2-3-9-21(20)17-38)29(41)37-15-7-13-26(37)28(40)34-22(18-39)10-6-14-33-30(31)32/h2-5,8-9,11-12,17-18,22,25-26,35-36H,6-7,10,13-16H2,1H3,(H,34,40)(H4,31,32,33)/t22-,25+,26-/m0/s1. The lowest BCUT2D eigenvalue weighted by molar-refractivity contribution is -0.139. The first kappa shape index (κ1) is 29.3. The molecule has 1 saturated heterocycles. The minimum atomic E-state index is -0.754. The average Bonchev–Trinajstić information content (AvgIpc) is 3.59. The number of hydrogen-bond donors (Lipinski definition) is 6. The normalized spacial score (nSPS) is 16.1. The fourth-order valence-electron chi connectivity index (χ4n) is 5.36. The molecule has 3 atom stereocenters. The number of benzene rings is 2. The first-order valence-electron chi connectivity index (χ1n) is 13.8. The molecule has 2 amide bonds. The molecule has 7 N–H and O–H groups in total. The lowest BCUT2D eigenvalue weighted by Crippen LogP contribution is -2.53. The molecule has 4 rings (SSSR count). The largest absolute Gasteiger partial charge is 0.370 e. The number of likely N-dealkylation sites (tertiary alicyclic amines) is 1. The summed E-state index contributed by atoms with van der Waals surface area (Å²) in [5, 5.41) is 17.1. The van der Waals surface area contributed by atoms with Gasteiger partial charge >= 0.3 is 0 Å². The molecule has 216 valence electrons. The van der Waals surface area contributed by atoms with E-state index in [0.717, 1.165) is 28.3 Å². The summed E-state index contributed by atoms with van der Waals surface area (Å²) in [7, 11) is 0. The predicted octanol–water partition coefficient (Wildman–Crippen LogP) is 2.25. The van der Waals surface area contributed by atoms with Crippen LogP contribution in [-0.2, 0) is 20.8 Å². The summed E-state index contributed by atoms with van der Waals surface area (Å²) in [4.78, 5) is 55.7. The van der Waals surface area contributed by atoms with Crippen LogP contribution in [0.1, 0.15) is 47.2 Å². The Balaban J connectivity index is 1.54. The second kappa shape index (κ2) is 13.6. The highest BCUT2D eigenvalue weighted by Gasteiger charge is 2.38. The predicted molar refractivity (Wildman–Crippen MR) is 158 cm³/mol. The lowest BCUT2D eigenvalue weighted by atomic mass is 9.99. The van der Waals surface area contributed by atoms with Crippen LogP contribution < -0.4 is 21.7 Å². The van der Waals surface area contributed by atoms with Gasteiger partial charge in [-0.3, -0.25) is 19.8 Å². The first-order valence-corrected chi connectivity index (χ1v) is 13.8. The van der Waals surface area contributed by atoms with Gasteiger partial charge in [0.25, 0.3) is 0 Å². The Bertz CT molecular complexity index is 1420. The van der Waals surface area contributed by atoms with Gasteiger partial charge in [0.05, 0.1) is 6.04 Å². The van der Waals surface area contributed by atoms with Crippen molar-refractivity contribution >= 4 is 47.1 Å². The number of nitrogens with two attached hydrogens (primary N) is 1. The molecule has 0 bridgehead atoms. The van der Waals surface area contributed by atoms with Gasteiger partial charge in [-0.25, -0.2) is 0 Å². The summed E-state index contributed by atoms with van der Waals surface area (Å²) >= 11 is 0. The number of aldehydes is 2. The van der Waals surface area contributed by atoms with Gasteiger partial charge in [0, 0.05) is 36.0 Å². The maximum absolute atomic E-state index is 14.1. The summed E-state index contributed by atoms with van der Waals surface area (Å²) in [6.45, 7) is 2.79. The number of fused-ring (bicyclic) bond motifs is 1. The van der Waals surface area contributed by atoms with E-state index in [9.17, 15) is 19.2 Å². The molecule has 1 aromatic heterocycles. The van der Waals surface area contributed by atoms with Gasteiger partial charge in [0.2, 0.25) is 11.8 Å². The lowest BCUT2D eigenvalue weighted by Gasteiger charge is -2.30. The number of aromatic amines is 1. The van der Waals surface area contributed by atoms with Crippen LogP contribution >= 0.6 is 0 Å². The van der Waals surface area contributed by atoms with E-state index in [1.165, 1.54) is 0 Å². The minimum absolute atomic E-state index is 0.154. The Kier molecular flexibility index (Phi) is 9.73. The van der Waals surface area contributed by atoms with E-state index in [-0.39, 0.29) is 24.2 Å². The van der Waals surface area contributed by atoms with E-state index in [4.69, 9.17) is 11.1 Å². The van der Waals surface area contributed by atoms with Crippen molar-refractivity contribution in [1.29, 1.82) is 5.41 Å². The van der Waals surface area contributed by atoms with Gasteiger partial charge in [0.1, 0.15) is 30.5 Å². The maximum Gasteiger partial charge on any atom is 0.246 e. The number of guanidine groups is 1. The summed E-state index contributed by atoms with van der Waals surface area (Å²) in [6, 6.07) is 12.8. The van der Waals surface area contributed by atoms with Gasteiger partial charge in [-0.15, -0.1) is 0 Å². The number of anilines is 1. The summed E-state index contributed by atoms with van der Waals surface area (Å²) in [6.07, 6.45) is 3.76. The zero-order valence-electron chi connectivity index (χ0n) is 23.1. The molecular formula is C30H37N7O4. The van der Waals surface area contributed by atoms with Gasteiger partial charge in [0.15, 0.2) is 5.96 Å². The molecule has 41 heavy (non-hydrogen) atoms. The van der Waals surface area contributed by atoms with E-state index >= 15 is 0 Å². The molecular weight excluding hydrogens is 522 g/mol. The Morgan fingerprint density at radius 3 is 2.66 bits per heavy atom. The number of amides is 2. The smallest absolute Gasteiger partial charge is 0.246 e. The third-order valence-electron chi connectivity index (χ3n) is 7.53. The summed E-state index contributed by atoms with van der Waals surface area (Å²) in [5.41, 5.74) is 8.41. The molecule has 0 radical (unpaired) electrons. The van der Waals surface area contributed by atoms with Gasteiger partial charge < -0.3 is 36.4 Å². The fraction of sp³-hybridized carbons (Fsp3) is 0.367. The van der Waals surface area contributed by atoms with Crippen molar-refractivity contribution < 1.29 is 19.2 Å². The van der Waals surface area contributed by atoms with Crippen molar-refractivity contribution in [3.63, 3.8) is 0 Å². The number of para-hydroxylation sites is 1. The van der Waals surface area contributed by atoms with Crippen LogP contribution in [0, 0.1) is 12.3 Å². The Morgan fingerprint density at radius 2 is 1.93 bits per heavy atom. The van der Waals surface area contributed by atoms with E-state index < -0.39 is 18.1 Å². The monoisotopic (exact) mass is 559 g/mol. The minimum Gasteiger partial charge on any atom is -0.370 e. The number of aryl methyl sites for hydroxylation is 1. The fourth-order valence-corrected chi connectivity index (χ4v) is 5.36. The van der Waals surface area contributed by atoms with Crippen molar-refractivity contribution in [1.82, 2.24) is 20.5 Å². The molecule has 11 heteroatoms. The molecule has 0 unspecified atom stereocenters. The number of carbonyl (C=O) groups is 4. The number of hydrogen-bond acceptors (Lipinski definition) is 6. The van der Waals surface area contributed by atoms with Crippen LogP contribution in [0.3, 0.4) is 0 Å². The first-order chi connectivity index (χ1) is 19.8. The van der Waals surface area contributed by atoms with Crippen molar-refractivity contribution in [3.05, 3.63) is 65.2 Å². The molecule has 2 aromatic carbocycles. The van der Waals surface area contributed by atoms with E-state index in [0.29, 0.717) is 56.4 Å². The van der Waals surface area contributed by atoms with E-state index in [1.807, 2.05) is 43.3 Å². The van der Waals surface area contributed by atoms with Crippen molar-refractivity contribution in [2.24, 2.45) is 5.73 Å². The molecule has 2 heterocycles. The maximum atomic E-state index is 14.1. The zero-order chi connectivity index (χ0) is 29.4. The van der Waals surface area contributed by atoms with Crippen LogP contribution in [0.5, 0.6) is 0 Å². The third kappa shape index (κ3) is 7.10. The quantitative estimate of drug-likeness (QED) is 0.0806. The Labute approximate surface area is 238 Å². The number of nitrogens with zero attached hydrogens (tertiary/aromatic N) is 1. The highest BCUT2D eigenvalue weighted by Crippen LogP contribution is 2.28. The van der Waals surface area contributed by atoms with Crippen LogP contribution in [0.25, 0.3) is 10.9 Å². The highest BCUT2D eigenvalue weighted by atomic mass is 16.2. The second-order valence-corrected chi connectivity index (χ2v) is 10.3. The van der Waals surface area contributed by atoms with Crippen LogP contribution in [0.2, 0.25) is 0 Å². The topological polar surface area (TPSA) is 173 Å². The van der Waals surface area contributed by atoms with Crippen LogP contribution in [-0.4, -0.2) is 71.4 Å². The molecule has 0 spiro atoms. The van der Waals surface area contributed by atoms with Gasteiger partial charge in [-0.1, -0.05) is 42.5 Å². The Hall–Kier alpha value is -4.67. The van der Waals surface area contributed by atoms with Crippen molar-refractivity contribution in [2.75, 3.05) is 18.4 Å². The number of H-pyrrole nitrogens is 1. The van der Waals surface area contributed by atoms with Gasteiger partial charge in [-0.2, -0.15) is 0 Å². The molecule has 11 nitrogen and oxygen atoms in total. The van der Waals surface area contributed by atoms with Crippen LogP contribution in [0.4, 0.5) is 5.82 Å². The SMILES string of the molecule is Cc1c(N[C@H](Cc2ccccc2C=O)C(=O)N2CCC[C@H]2C(=O)N[C@H](C=O)CCCNC(=N)N)[nH]c2ccccc12. The van der Waals surface area contributed by atoms with Gasteiger partial charge in [-0.05, 0) is 49.8 Å². The highest BCUT2D eigenvalue weighted by molar-refractivity contribution is 5.94. The number of carbonyl (C=O) groups excluding carboxylic acids is 4. The number of aromatic nitrogens is 1. The van der Waals surface area contributed by atoms with Crippen molar-refractivity contribution in [2.45, 2.75) is 57.2 Å². The molecule has 3 aromatic rings. The molecule has 1 aliphatic heterocycles. The molecule has 1 aliphatic rings. The second-order valence-electron chi connectivity index (χ2n) is 10.3. The number of nitrogens with one attached hydrogen (secondary N) is 5. The molecule has 0 saturated carbocycles. The summed E-state index contributed by atoms with van der Waals surface area (Å²) in [5.74, 6) is -0.0806. The third-order valence-corrected chi connectivity index (χ3v) is 7.53. The average molecular weight is 560 g/mol. The Morgan fingerprint density at radius 1 is 1.17 bits per heavy atom. The van der Waals surface area contributed by atoms with E-state index in [1.54, 1.807) is 17.0 Å². The van der Waals surface area contributed by atoms with Crippen molar-refractivity contribution in [3.8, 4) is 0 Å². The summed E-state index contributed by atoms with van der Waals surface area (Å²) < 4.78 is 0. The van der Waals surface area contributed by atoms with Crippen LogP contribution in [0.15, 0.2) is 48.5 Å². The molecule has 0 aliphatic carbocycles.